The lowest BCUT2D eigenvalue weighted by Crippen LogP contribution is -2.38. The molecule has 2 aromatic heterocycles. The zero-order valence-corrected chi connectivity index (χ0v) is 18.1. The Morgan fingerprint density at radius 2 is 2.16 bits per heavy atom. The van der Waals surface area contributed by atoms with Gasteiger partial charge >= 0.3 is 6.18 Å². The lowest BCUT2D eigenvalue weighted by atomic mass is 10.1. The number of carbonyl (C=O) groups is 1. The minimum Gasteiger partial charge on any atom is -0.461 e. The Morgan fingerprint density at radius 1 is 1.34 bits per heavy atom. The van der Waals surface area contributed by atoms with Gasteiger partial charge in [-0.2, -0.15) is 13.2 Å². The first-order valence-corrected chi connectivity index (χ1v) is 11.0. The van der Waals surface area contributed by atoms with Crippen molar-refractivity contribution in [2.24, 2.45) is 0 Å². The van der Waals surface area contributed by atoms with Gasteiger partial charge in [0.2, 0.25) is 0 Å². The number of aliphatic hydroxyl groups is 1. The fourth-order valence-electron chi connectivity index (χ4n) is 3.67. The van der Waals surface area contributed by atoms with E-state index in [2.05, 4.69) is 10.3 Å². The number of nitrogens with one attached hydrogen (secondary N) is 1. The maximum Gasteiger partial charge on any atom is 0.416 e. The number of furan rings is 1. The first-order valence-electron chi connectivity index (χ1n) is 10.2. The molecule has 1 amide bonds. The predicted molar refractivity (Wildman–Crippen MR) is 114 cm³/mol. The van der Waals surface area contributed by atoms with Gasteiger partial charge in [-0.1, -0.05) is 12.1 Å². The molecule has 6 nitrogen and oxygen atoms in total. The highest BCUT2D eigenvalue weighted by molar-refractivity contribution is 7.14. The summed E-state index contributed by atoms with van der Waals surface area (Å²) in [5, 5.41) is 15.0. The average molecular weight is 465 g/mol. The summed E-state index contributed by atoms with van der Waals surface area (Å²) in [5.74, 6) is 0.0178. The maximum atomic E-state index is 13.0. The number of halogens is 3. The first kappa shape index (κ1) is 22.5. The third-order valence-electron chi connectivity index (χ3n) is 5.35. The van der Waals surface area contributed by atoms with Crippen LogP contribution in [0.15, 0.2) is 40.1 Å². The number of carbonyl (C=O) groups excluding carboxylic acids is 1. The molecule has 0 saturated carbocycles. The van der Waals surface area contributed by atoms with Crippen LogP contribution in [0.5, 0.6) is 0 Å². The molecular weight excluding hydrogens is 443 g/mol. The van der Waals surface area contributed by atoms with Crippen molar-refractivity contribution in [2.75, 3.05) is 11.9 Å². The standard InChI is InChI=1S/C22H22F3N3O3S/c1-13-17(10-18(31-13)14-5-4-6-15(9-14)22(23,24)25)20(30)27-21-26-16(12-32-21)11-28-8-3-2-7-19(28)29/h4-6,9-10,12,19,29H,2-3,7-8,11H2,1H3,(H,26,27,30). The van der Waals surface area contributed by atoms with Crippen LogP contribution < -0.4 is 5.32 Å². The maximum absolute atomic E-state index is 13.0. The first-order chi connectivity index (χ1) is 15.2. The molecule has 0 spiro atoms. The number of nitrogens with zero attached hydrogens (tertiary/aromatic N) is 2. The van der Waals surface area contributed by atoms with Gasteiger partial charge in [-0.25, -0.2) is 4.98 Å². The van der Waals surface area contributed by atoms with E-state index in [4.69, 9.17) is 4.42 Å². The van der Waals surface area contributed by atoms with Crippen molar-refractivity contribution < 1.29 is 27.5 Å². The number of rotatable bonds is 5. The summed E-state index contributed by atoms with van der Waals surface area (Å²) in [7, 11) is 0. The van der Waals surface area contributed by atoms with Crippen LogP contribution >= 0.6 is 11.3 Å². The van der Waals surface area contributed by atoms with Gasteiger partial charge in [0.25, 0.3) is 5.91 Å². The smallest absolute Gasteiger partial charge is 0.416 e. The highest BCUT2D eigenvalue weighted by atomic mass is 32.1. The van der Waals surface area contributed by atoms with E-state index >= 15 is 0 Å². The second-order valence-corrected chi connectivity index (χ2v) is 8.56. The molecule has 2 N–H and O–H groups in total. The van der Waals surface area contributed by atoms with E-state index in [-0.39, 0.29) is 16.9 Å². The minimum absolute atomic E-state index is 0.178. The molecule has 1 fully saturated rings. The summed E-state index contributed by atoms with van der Waals surface area (Å²) >= 11 is 1.27. The Bertz CT molecular complexity index is 1110. The number of piperidine rings is 1. The van der Waals surface area contributed by atoms with Gasteiger partial charge in [0.15, 0.2) is 5.13 Å². The molecule has 1 unspecified atom stereocenters. The van der Waals surface area contributed by atoms with E-state index in [1.165, 1.54) is 29.5 Å². The number of aliphatic hydroxyl groups excluding tert-OH is 1. The summed E-state index contributed by atoms with van der Waals surface area (Å²) in [6.07, 6.45) is -2.18. The highest BCUT2D eigenvalue weighted by Crippen LogP contribution is 2.33. The number of aromatic nitrogens is 1. The van der Waals surface area contributed by atoms with Crippen LogP contribution in [0.3, 0.4) is 0 Å². The minimum atomic E-state index is -4.47. The van der Waals surface area contributed by atoms with Crippen LogP contribution in [-0.4, -0.2) is 33.7 Å². The van der Waals surface area contributed by atoms with Crippen LogP contribution in [0.25, 0.3) is 11.3 Å². The summed E-state index contributed by atoms with van der Waals surface area (Å²) < 4.78 is 44.5. The van der Waals surface area contributed by atoms with Crippen LogP contribution in [0.4, 0.5) is 18.3 Å². The van der Waals surface area contributed by atoms with Gasteiger partial charge < -0.3 is 9.52 Å². The van der Waals surface area contributed by atoms with E-state index in [0.717, 1.165) is 43.6 Å². The van der Waals surface area contributed by atoms with E-state index in [0.29, 0.717) is 17.4 Å². The van der Waals surface area contributed by atoms with Crippen LogP contribution in [-0.2, 0) is 12.7 Å². The Balaban J connectivity index is 1.46. The van der Waals surface area contributed by atoms with Gasteiger partial charge in [-0.3, -0.25) is 15.0 Å². The number of amides is 1. The van der Waals surface area contributed by atoms with Crippen LogP contribution in [0, 0.1) is 6.92 Å². The van der Waals surface area contributed by atoms with Crippen LogP contribution in [0.1, 0.15) is 46.6 Å². The zero-order valence-electron chi connectivity index (χ0n) is 17.3. The fourth-order valence-corrected chi connectivity index (χ4v) is 4.36. The number of benzene rings is 1. The van der Waals surface area contributed by atoms with Crippen molar-refractivity contribution >= 4 is 22.4 Å². The molecule has 32 heavy (non-hydrogen) atoms. The fraction of sp³-hybridized carbons (Fsp3) is 0.364. The number of thiazole rings is 1. The summed E-state index contributed by atoms with van der Waals surface area (Å²) in [6.45, 7) is 2.88. The third-order valence-corrected chi connectivity index (χ3v) is 6.16. The molecule has 1 aliphatic heterocycles. The molecule has 170 valence electrons. The second kappa shape index (κ2) is 9.05. The van der Waals surface area contributed by atoms with Crippen molar-refractivity contribution in [3.05, 3.63) is 58.3 Å². The predicted octanol–water partition coefficient (Wildman–Crippen LogP) is 5.29. The average Bonchev–Trinajstić information content (AvgIpc) is 3.35. The lowest BCUT2D eigenvalue weighted by Gasteiger charge is -2.31. The number of hydrogen-bond donors (Lipinski definition) is 2. The monoisotopic (exact) mass is 465 g/mol. The zero-order chi connectivity index (χ0) is 22.9. The molecule has 3 heterocycles. The Hall–Kier alpha value is -2.69. The van der Waals surface area contributed by atoms with Crippen molar-refractivity contribution in [2.45, 2.75) is 45.1 Å². The summed E-state index contributed by atoms with van der Waals surface area (Å²) in [5.41, 5.74) is 0.420. The Kier molecular flexibility index (Phi) is 6.36. The Labute approximate surface area is 186 Å². The number of anilines is 1. The highest BCUT2D eigenvalue weighted by Gasteiger charge is 2.31. The van der Waals surface area contributed by atoms with Gasteiger partial charge in [0.05, 0.1) is 16.8 Å². The molecule has 1 aromatic carbocycles. The molecular formula is C22H22F3N3O3S. The van der Waals surface area contributed by atoms with E-state index in [1.807, 2.05) is 10.3 Å². The molecule has 1 atom stereocenters. The molecule has 10 heteroatoms. The number of likely N-dealkylation sites (tertiary alicyclic amines) is 1. The van der Waals surface area contributed by atoms with E-state index in [9.17, 15) is 23.1 Å². The van der Waals surface area contributed by atoms with Crippen molar-refractivity contribution in [3.63, 3.8) is 0 Å². The van der Waals surface area contributed by atoms with Crippen LogP contribution in [0.2, 0.25) is 0 Å². The number of alkyl halides is 3. The normalized spacial score (nSPS) is 17.5. The third kappa shape index (κ3) is 5.03. The van der Waals surface area contributed by atoms with Gasteiger partial charge in [-0.15, -0.1) is 11.3 Å². The molecule has 3 aromatic rings. The number of aryl methyl sites for hydroxylation is 1. The molecule has 1 aliphatic rings. The van der Waals surface area contributed by atoms with Gasteiger partial charge in [0.1, 0.15) is 17.7 Å². The van der Waals surface area contributed by atoms with Crippen molar-refractivity contribution in [1.29, 1.82) is 0 Å². The second-order valence-electron chi connectivity index (χ2n) is 7.70. The molecule has 1 saturated heterocycles. The van der Waals surface area contributed by atoms with Crippen molar-refractivity contribution in [3.8, 4) is 11.3 Å². The molecule has 0 bridgehead atoms. The summed E-state index contributed by atoms with van der Waals surface area (Å²) in [6, 6.07) is 6.19. The lowest BCUT2D eigenvalue weighted by molar-refractivity contribution is -0.137. The van der Waals surface area contributed by atoms with Gasteiger partial charge in [-0.05, 0) is 44.4 Å². The summed E-state index contributed by atoms with van der Waals surface area (Å²) in [4.78, 5) is 19.1. The van der Waals surface area contributed by atoms with Crippen molar-refractivity contribution in [1.82, 2.24) is 9.88 Å². The Morgan fingerprint density at radius 3 is 2.91 bits per heavy atom. The molecule has 4 rings (SSSR count). The van der Waals surface area contributed by atoms with E-state index < -0.39 is 23.9 Å². The topological polar surface area (TPSA) is 78.6 Å². The quantitative estimate of drug-likeness (QED) is 0.536. The van der Waals surface area contributed by atoms with Gasteiger partial charge in [0, 0.05) is 24.0 Å². The number of hydrogen-bond acceptors (Lipinski definition) is 6. The largest absolute Gasteiger partial charge is 0.461 e. The molecule has 0 aliphatic carbocycles. The SMILES string of the molecule is Cc1oc(-c2cccc(C(F)(F)F)c2)cc1C(=O)Nc1nc(CN2CCCCC2O)cs1. The van der Waals surface area contributed by atoms with E-state index in [1.54, 1.807) is 6.92 Å². The molecule has 0 radical (unpaired) electrons.